The van der Waals surface area contributed by atoms with Gasteiger partial charge in [0.15, 0.2) is 5.82 Å². The molecule has 29 heavy (non-hydrogen) atoms. The quantitative estimate of drug-likeness (QED) is 0.540. The van der Waals surface area contributed by atoms with Crippen molar-refractivity contribution in [3.8, 4) is 11.6 Å². The summed E-state index contributed by atoms with van der Waals surface area (Å²) in [5.41, 5.74) is 2.64. The topological polar surface area (TPSA) is 111 Å². The van der Waals surface area contributed by atoms with Gasteiger partial charge < -0.3 is 10.1 Å². The maximum Gasteiger partial charge on any atom is 0.240 e. The molecule has 0 saturated heterocycles. The summed E-state index contributed by atoms with van der Waals surface area (Å²) in [6.07, 6.45) is 0. The number of hydrogen-bond donors (Lipinski definition) is 2. The van der Waals surface area contributed by atoms with Crippen LogP contribution in [0.5, 0.6) is 5.75 Å². The Bertz CT molecular complexity index is 1090. The molecule has 0 atom stereocenters. The van der Waals surface area contributed by atoms with Crippen molar-refractivity contribution in [2.45, 2.75) is 25.7 Å². The molecule has 154 valence electrons. The molecule has 2 heterocycles. The molecule has 3 rings (SSSR count). The average molecular weight is 417 g/mol. The van der Waals surface area contributed by atoms with Crippen LogP contribution in [0, 0.1) is 20.8 Å². The molecule has 0 aliphatic carbocycles. The van der Waals surface area contributed by atoms with E-state index >= 15 is 0 Å². The van der Waals surface area contributed by atoms with Crippen molar-refractivity contribution in [2.75, 3.05) is 25.5 Å². The summed E-state index contributed by atoms with van der Waals surface area (Å²) >= 11 is 0. The zero-order chi connectivity index (χ0) is 21.0. The van der Waals surface area contributed by atoms with Gasteiger partial charge in [0.05, 0.1) is 17.7 Å². The summed E-state index contributed by atoms with van der Waals surface area (Å²) in [5, 5.41) is 15.7. The van der Waals surface area contributed by atoms with Crippen molar-refractivity contribution in [1.82, 2.24) is 24.7 Å². The Kier molecular flexibility index (Phi) is 6.14. The van der Waals surface area contributed by atoms with E-state index in [-0.39, 0.29) is 11.4 Å². The maximum absolute atomic E-state index is 12.4. The number of anilines is 1. The average Bonchev–Trinajstić information content (AvgIpc) is 3.03. The Morgan fingerprint density at radius 1 is 1.03 bits per heavy atom. The number of nitrogens with zero attached hydrogens (tertiary/aromatic N) is 4. The zero-order valence-electron chi connectivity index (χ0n) is 16.8. The second kappa shape index (κ2) is 8.58. The lowest BCUT2D eigenvalue weighted by Crippen LogP contribution is -2.29. The van der Waals surface area contributed by atoms with Crippen LogP contribution >= 0.6 is 0 Å². The Labute approximate surface area is 170 Å². The number of hydrogen-bond acceptors (Lipinski definition) is 7. The van der Waals surface area contributed by atoms with Crippen LogP contribution in [-0.2, 0) is 10.0 Å². The van der Waals surface area contributed by atoms with Gasteiger partial charge in [-0.15, -0.1) is 10.2 Å². The molecule has 0 bridgehead atoms. The summed E-state index contributed by atoms with van der Waals surface area (Å²) in [7, 11) is -2.05. The van der Waals surface area contributed by atoms with Gasteiger partial charge in [0.2, 0.25) is 10.0 Å². The fraction of sp³-hybridized carbons (Fsp3) is 0.316. The van der Waals surface area contributed by atoms with Crippen LogP contribution < -0.4 is 14.8 Å². The molecule has 3 aromatic rings. The van der Waals surface area contributed by atoms with E-state index in [9.17, 15) is 8.42 Å². The number of methoxy groups -OCH3 is 1. The van der Waals surface area contributed by atoms with Crippen LogP contribution in [-0.4, -0.2) is 48.6 Å². The van der Waals surface area contributed by atoms with Crippen molar-refractivity contribution >= 4 is 15.8 Å². The van der Waals surface area contributed by atoms with Gasteiger partial charge in [0.25, 0.3) is 0 Å². The third-order valence-corrected chi connectivity index (χ3v) is 5.74. The first-order valence-corrected chi connectivity index (χ1v) is 10.5. The second-order valence-electron chi connectivity index (χ2n) is 6.57. The van der Waals surface area contributed by atoms with Crippen LogP contribution in [0.1, 0.15) is 17.0 Å². The van der Waals surface area contributed by atoms with Gasteiger partial charge in [-0.1, -0.05) is 0 Å². The third-order valence-electron chi connectivity index (χ3n) is 4.28. The Hall–Kier alpha value is -2.98. The third kappa shape index (κ3) is 4.90. The van der Waals surface area contributed by atoms with Gasteiger partial charge >= 0.3 is 0 Å². The monoisotopic (exact) mass is 416 g/mol. The van der Waals surface area contributed by atoms with E-state index in [4.69, 9.17) is 4.74 Å². The molecule has 0 unspecified atom stereocenters. The molecule has 0 saturated carbocycles. The van der Waals surface area contributed by atoms with Crippen LogP contribution in [0.15, 0.2) is 41.3 Å². The highest BCUT2D eigenvalue weighted by molar-refractivity contribution is 7.89. The number of sulfonamides is 1. The van der Waals surface area contributed by atoms with E-state index in [2.05, 4.69) is 25.3 Å². The lowest BCUT2D eigenvalue weighted by Gasteiger charge is -2.10. The SMILES string of the molecule is COc1ccc(S(=O)(=O)NCCNc2ccc(-n3nc(C)cc3C)nn2)cc1C. The number of ether oxygens (including phenoxy) is 1. The number of benzene rings is 1. The van der Waals surface area contributed by atoms with Gasteiger partial charge in [-0.05, 0) is 62.7 Å². The molecule has 0 radical (unpaired) electrons. The summed E-state index contributed by atoms with van der Waals surface area (Å²) in [6, 6.07) is 10.3. The van der Waals surface area contributed by atoms with E-state index in [1.165, 1.54) is 6.07 Å². The largest absolute Gasteiger partial charge is 0.496 e. The van der Waals surface area contributed by atoms with Crippen LogP contribution in [0.4, 0.5) is 5.82 Å². The fourth-order valence-electron chi connectivity index (χ4n) is 2.87. The second-order valence-corrected chi connectivity index (χ2v) is 8.34. The molecule has 0 amide bonds. The van der Waals surface area contributed by atoms with E-state index in [1.807, 2.05) is 19.9 Å². The number of nitrogens with one attached hydrogen (secondary N) is 2. The van der Waals surface area contributed by atoms with Crippen molar-refractivity contribution in [3.05, 3.63) is 53.3 Å². The zero-order valence-corrected chi connectivity index (χ0v) is 17.6. The van der Waals surface area contributed by atoms with Crippen LogP contribution in [0.25, 0.3) is 5.82 Å². The van der Waals surface area contributed by atoms with Crippen molar-refractivity contribution < 1.29 is 13.2 Å². The summed E-state index contributed by atoms with van der Waals surface area (Å²) in [4.78, 5) is 0.199. The molecule has 9 nitrogen and oxygen atoms in total. The van der Waals surface area contributed by atoms with Gasteiger partial charge in [-0.3, -0.25) is 0 Å². The van der Waals surface area contributed by atoms with E-state index in [0.29, 0.717) is 23.9 Å². The fourth-order valence-corrected chi connectivity index (χ4v) is 3.99. The van der Waals surface area contributed by atoms with Crippen molar-refractivity contribution in [1.29, 1.82) is 0 Å². The van der Waals surface area contributed by atoms with Gasteiger partial charge in [0.1, 0.15) is 11.6 Å². The Morgan fingerprint density at radius 2 is 1.83 bits per heavy atom. The standard InChI is InChI=1S/C19H24N6O3S/c1-13-11-16(5-6-17(13)28-4)29(26,27)21-10-9-20-18-7-8-19(23-22-18)25-15(3)12-14(2)24-25/h5-8,11-12,21H,9-10H2,1-4H3,(H,20,22). The number of aryl methyl sites for hydroxylation is 3. The number of rotatable bonds is 8. The Balaban J connectivity index is 1.55. The minimum absolute atomic E-state index is 0.199. The van der Waals surface area contributed by atoms with Gasteiger partial charge in [-0.25, -0.2) is 17.8 Å². The van der Waals surface area contributed by atoms with Crippen LogP contribution in [0.3, 0.4) is 0 Å². The highest BCUT2D eigenvalue weighted by Gasteiger charge is 2.14. The molecule has 2 aromatic heterocycles. The summed E-state index contributed by atoms with van der Waals surface area (Å²) in [5.74, 6) is 1.82. The van der Waals surface area contributed by atoms with Gasteiger partial charge in [0, 0.05) is 18.8 Å². The molecule has 1 aromatic carbocycles. The smallest absolute Gasteiger partial charge is 0.240 e. The Morgan fingerprint density at radius 3 is 2.41 bits per heavy atom. The first-order valence-electron chi connectivity index (χ1n) is 9.06. The molecular formula is C19H24N6O3S. The van der Waals surface area contributed by atoms with E-state index < -0.39 is 10.0 Å². The first kappa shape index (κ1) is 20.7. The van der Waals surface area contributed by atoms with Crippen molar-refractivity contribution in [2.24, 2.45) is 0 Å². The molecule has 0 aliphatic rings. The van der Waals surface area contributed by atoms with E-state index in [1.54, 1.807) is 43.0 Å². The molecule has 0 spiro atoms. The lowest BCUT2D eigenvalue weighted by molar-refractivity contribution is 0.411. The molecule has 0 fully saturated rings. The summed E-state index contributed by atoms with van der Waals surface area (Å²) < 4.78 is 34.3. The normalized spacial score (nSPS) is 11.4. The lowest BCUT2D eigenvalue weighted by atomic mass is 10.2. The van der Waals surface area contributed by atoms with Gasteiger partial charge in [-0.2, -0.15) is 5.10 Å². The highest BCUT2D eigenvalue weighted by atomic mass is 32.2. The first-order chi connectivity index (χ1) is 13.8. The predicted octanol–water partition coefficient (Wildman–Crippen LogP) is 1.99. The number of aromatic nitrogens is 4. The predicted molar refractivity (Wildman–Crippen MR) is 110 cm³/mol. The van der Waals surface area contributed by atoms with E-state index in [0.717, 1.165) is 17.0 Å². The maximum atomic E-state index is 12.4. The molecular weight excluding hydrogens is 392 g/mol. The minimum Gasteiger partial charge on any atom is -0.496 e. The minimum atomic E-state index is -3.60. The molecule has 10 heteroatoms. The van der Waals surface area contributed by atoms with Crippen LogP contribution in [0.2, 0.25) is 0 Å². The molecule has 2 N–H and O–H groups in total. The van der Waals surface area contributed by atoms with Crippen molar-refractivity contribution in [3.63, 3.8) is 0 Å². The highest BCUT2D eigenvalue weighted by Crippen LogP contribution is 2.21. The summed E-state index contributed by atoms with van der Waals surface area (Å²) in [6.45, 7) is 6.23. The molecule has 0 aliphatic heterocycles.